The second kappa shape index (κ2) is 5.35. The van der Waals surface area contributed by atoms with Gasteiger partial charge in [0.05, 0.1) is 11.5 Å². The van der Waals surface area contributed by atoms with Crippen molar-refractivity contribution in [2.75, 3.05) is 0 Å². The predicted octanol–water partition coefficient (Wildman–Crippen LogP) is 1.64. The Morgan fingerprint density at radius 2 is 1.75 bits per heavy atom. The van der Waals surface area contributed by atoms with E-state index in [2.05, 4.69) is 0 Å². The summed E-state index contributed by atoms with van der Waals surface area (Å²) in [5, 5.41) is 19.2. The number of carboxylic acid groups (broad SMARTS) is 1. The van der Waals surface area contributed by atoms with Gasteiger partial charge in [-0.05, 0) is 38.5 Å². The number of rotatable bonds is 4. The Bertz CT molecular complexity index is 395. The molecule has 2 aliphatic heterocycles. The maximum Gasteiger partial charge on any atom is 0.310 e. The van der Waals surface area contributed by atoms with Gasteiger partial charge in [0.25, 0.3) is 0 Å². The van der Waals surface area contributed by atoms with E-state index in [1.54, 1.807) is 6.92 Å². The number of piperidine rings is 1. The largest absolute Gasteiger partial charge is 0.481 e. The first-order valence-corrected chi connectivity index (χ1v) is 7.48. The van der Waals surface area contributed by atoms with Crippen LogP contribution in [-0.4, -0.2) is 45.2 Å². The lowest BCUT2D eigenvalue weighted by Crippen LogP contribution is -2.50. The lowest BCUT2D eigenvalue weighted by Gasteiger charge is -2.39. The van der Waals surface area contributed by atoms with E-state index in [9.17, 15) is 19.8 Å². The summed E-state index contributed by atoms with van der Waals surface area (Å²) in [4.78, 5) is 25.9. The van der Waals surface area contributed by atoms with Crippen molar-refractivity contribution < 1.29 is 19.8 Å². The van der Waals surface area contributed by atoms with E-state index in [1.165, 1.54) is 0 Å². The molecule has 114 valence electrons. The Hall–Kier alpha value is -1.10. The number of fused-ring (bicyclic) bond motifs is 2. The maximum absolute atomic E-state index is 12.6. The molecule has 20 heavy (non-hydrogen) atoms. The molecule has 2 saturated heterocycles. The van der Waals surface area contributed by atoms with Crippen LogP contribution in [0.25, 0.3) is 0 Å². The third-order valence-electron chi connectivity index (χ3n) is 5.28. The summed E-state index contributed by atoms with van der Waals surface area (Å²) in [5.41, 5.74) is -1.02. The highest BCUT2D eigenvalue weighted by atomic mass is 16.4. The van der Waals surface area contributed by atoms with Crippen LogP contribution in [0.1, 0.15) is 52.9 Å². The Balaban J connectivity index is 2.11. The second-order valence-electron chi connectivity index (χ2n) is 6.87. The number of hydrogen-bond acceptors (Lipinski definition) is 3. The summed E-state index contributed by atoms with van der Waals surface area (Å²) >= 11 is 0. The lowest BCUT2D eigenvalue weighted by molar-refractivity contribution is -0.157. The quantitative estimate of drug-likeness (QED) is 0.822. The summed E-state index contributed by atoms with van der Waals surface area (Å²) in [6.45, 7) is 5.34. The molecule has 5 nitrogen and oxygen atoms in total. The Labute approximate surface area is 120 Å². The van der Waals surface area contributed by atoms with Crippen LogP contribution < -0.4 is 0 Å². The summed E-state index contributed by atoms with van der Waals surface area (Å²) in [6.07, 6.45) is 2.86. The van der Waals surface area contributed by atoms with Gasteiger partial charge in [-0.3, -0.25) is 9.59 Å². The second-order valence-corrected chi connectivity index (χ2v) is 6.87. The molecule has 0 aliphatic carbocycles. The third-order valence-corrected chi connectivity index (χ3v) is 5.28. The topological polar surface area (TPSA) is 77.8 Å². The van der Waals surface area contributed by atoms with Crippen molar-refractivity contribution in [3.05, 3.63) is 0 Å². The van der Waals surface area contributed by atoms with E-state index < -0.39 is 11.4 Å². The van der Waals surface area contributed by atoms with E-state index in [0.717, 1.165) is 12.8 Å². The number of nitrogens with zero attached hydrogens (tertiary/aromatic N) is 1. The minimum Gasteiger partial charge on any atom is -0.481 e. The fourth-order valence-electron chi connectivity index (χ4n) is 3.49. The Morgan fingerprint density at radius 1 is 1.25 bits per heavy atom. The Kier molecular flexibility index (Phi) is 4.09. The molecule has 0 aromatic heterocycles. The van der Waals surface area contributed by atoms with E-state index in [0.29, 0.717) is 12.8 Å². The number of carbonyl (C=O) groups excluding carboxylic acids is 1. The van der Waals surface area contributed by atoms with Crippen LogP contribution in [0.5, 0.6) is 0 Å². The highest BCUT2D eigenvalue weighted by molar-refractivity contribution is 5.85. The number of aliphatic carboxylic acids is 1. The first-order valence-electron chi connectivity index (χ1n) is 7.48. The number of hydrogen-bond donors (Lipinski definition) is 2. The minimum atomic E-state index is -1.02. The average Bonchev–Trinajstić information content (AvgIpc) is 2.61. The van der Waals surface area contributed by atoms with Gasteiger partial charge < -0.3 is 15.1 Å². The summed E-state index contributed by atoms with van der Waals surface area (Å²) < 4.78 is 0. The van der Waals surface area contributed by atoms with Crippen molar-refractivity contribution in [2.24, 2.45) is 11.3 Å². The van der Waals surface area contributed by atoms with Crippen LogP contribution >= 0.6 is 0 Å². The first kappa shape index (κ1) is 15.3. The number of amides is 1. The predicted molar refractivity (Wildman–Crippen MR) is 74.1 cm³/mol. The lowest BCUT2D eigenvalue weighted by atomic mass is 9.76. The van der Waals surface area contributed by atoms with Gasteiger partial charge in [0, 0.05) is 18.5 Å². The number of aliphatic hydroxyl groups excluding tert-OH is 1. The van der Waals surface area contributed by atoms with Crippen LogP contribution in [0.4, 0.5) is 0 Å². The van der Waals surface area contributed by atoms with Gasteiger partial charge in [0.15, 0.2) is 0 Å². The molecular formula is C15H25NO4. The van der Waals surface area contributed by atoms with Gasteiger partial charge >= 0.3 is 5.97 Å². The molecule has 2 bridgehead atoms. The number of carboxylic acids is 1. The molecular weight excluding hydrogens is 258 g/mol. The van der Waals surface area contributed by atoms with E-state index in [-0.39, 0.29) is 36.4 Å². The van der Waals surface area contributed by atoms with Gasteiger partial charge in [-0.2, -0.15) is 0 Å². The van der Waals surface area contributed by atoms with Gasteiger partial charge in [0.2, 0.25) is 5.91 Å². The van der Waals surface area contributed by atoms with Crippen molar-refractivity contribution in [3.63, 3.8) is 0 Å². The highest BCUT2D eigenvalue weighted by Gasteiger charge is 2.46. The summed E-state index contributed by atoms with van der Waals surface area (Å²) in [6, 6.07) is 0.197. The van der Waals surface area contributed by atoms with E-state index in [1.807, 2.05) is 18.7 Å². The Morgan fingerprint density at radius 3 is 2.15 bits per heavy atom. The minimum absolute atomic E-state index is 0.0447. The normalized spacial score (nSPS) is 32.2. The fraction of sp³-hybridized carbons (Fsp3) is 0.867. The molecule has 3 atom stereocenters. The molecule has 0 spiro atoms. The summed E-state index contributed by atoms with van der Waals surface area (Å²) in [5.74, 6) is -1.08. The van der Waals surface area contributed by atoms with Crippen molar-refractivity contribution in [3.8, 4) is 0 Å². The number of carbonyl (C=O) groups is 2. The van der Waals surface area contributed by atoms with Gasteiger partial charge in [0.1, 0.15) is 0 Å². The monoisotopic (exact) mass is 283 g/mol. The molecule has 3 unspecified atom stereocenters. The van der Waals surface area contributed by atoms with Crippen LogP contribution in [0.15, 0.2) is 0 Å². The maximum atomic E-state index is 12.6. The molecule has 5 heteroatoms. The average molecular weight is 283 g/mol. The molecule has 2 heterocycles. The molecule has 0 radical (unpaired) electrons. The smallest absolute Gasteiger partial charge is 0.310 e. The van der Waals surface area contributed by atoms with Crippen LogP contribution in [0.3, 0.4) is 0 Å². The van der Waals surface area contributed by atoms with Crippen molar-refractivity contribution in [1.29, 1.82) is 0 Å². The van der Waals surface area contributed by atoms with E-state index >= 15 is 0 Å². The number of aliphatic hydroxyl groups is 1. The zero-order valence-corrected chi connectivity index (χ0v) is 12.5. The zero-order chi connectivity index (χ0) is 15.1. The third kappa shape index (κ3) is 2.55. The molecule has 2 fully saturated rings. The van der Waals surface area contributed by atoms with Gasteiger partial charge in [-0.1, -0.05) is 13.8 Å². The van der Waals surface area contributed by atoms with Crippen molar-refractivity contribution in [2.45, 2.75) is 71.1 Å². The van der Waals surface area contributed by atoms with Crippen molar-refractivity contribution in [1.82, 2.24) is 4.90 Å². The molecule has 1 amide bonds. The first-order chi connectivity index (χ1) is 9.25. The molecule has 2 aliphatic rings. The van der Waals surface area contributed by atoms with Crippen LogP contribution in [0.2, 0.25) is 0 Å². The zero-order valence-electron chi connectivity index (χ0n) is 12.5. The highest BCUT2D eigenvalue weighted by Crippen LogP contribution is 2.39. The van der Waals surface area contributed by atoms with Gasteiger partial charge in [-0.15, -0.1) is 0 Å². The molecule has 0 aromatic rings. The molecule has 0 aromatic carbocycles. The SMILES string of the molecule is CC(C)C(C)(CC(=O)N1C2CCC1CC(O)C2)C(=O)O. The molecule has 2 N–H and O–H groups in total. The van der Waals surface area contributed by atoms with Crippen LogP contribution in [-0.2, 0) is 9.59 Å². The van der Waals surface area contributed by atoms with E-state index in [4.69, 9.17) is 0 Å². The van der Waals surface area contributed by atoms with Crippen LogP contribution in [0, 0.1) is 11.3 Å². The molecule has 2 rings (SSSR count). The molecule has 0 saturated carbocycles. The standard InChI is InChI=1S/C15H25NO4/c1-9(2)15(3,14(19)20)8-13(18)16-10-4-5-11(16)7-12(17)6-10/h9-12,17H,4-8H2,1-3H3,(H,19,20). The van der Waals surface area contributed by atoms with Crippen molar-refractivity contribution >= 4 is 11.9 Å². The van der Waals surface area contributed by atoms with Gasteiger partial charge in [-0.25, -0.2) is 0 Å². The fourth-order valence-corrected chi connectivity index (χ4v) is 3.49. The summed E-state index contributed by atoms with van der Waals surface area (Å²) in [7, 11) is 0.